The maximum absolute atomic E-state index is 12.9. The summed E-state index contributed by atoms with van der Waals surface area (Å²) in [5.74, 6) is 1.23. The van der Waals surface area contributed by atoms with Crippen molar-refractivity contribution in [3.8, 4) is 0 Å². The Labute approximate surface area is 175 Å². The highest BCUT2D eigenvalue weighted by molar-refractivity contribution is 7.89. The Morgan fingerprint density at radius 1 is 1.21 bits per heavy atom. The molecule has 5 nitrogen and oxygen atoms in total. The summed E-state index contributed by atoms with van der Waals surface area (Å²) in [5.41, 5.74) is 0.276. The van der Waals surface area contributed by atoms with E-state index in [1.165, 1.54) is 13.5 Å². The summed E-state index contributed by atoms with van der Waals surface area (Å²) in [6.07, 6.45) is 9.27. The molecular weight excluding hydrogens is 386 g/mol. The van der Waals surface area contributed by atoms with Gasteiger partial charge in [0.1, 0.15) is 0 Å². The van der Waals surface area contributed by atoms with E-state index < -0.39 is 10.0 Å². The van der Waals surface area contributed by atoms with E-state index in [4.69, 9.17) is 0 Å². The summed E-state index contributed by atoms with van der Waals surface area (Å²) in [6.45, 7) is 4.64. The molecule has 160 valence electrons. The first-order valence-corrected chi connectivity index (χ1v) is 12.0. The SMILES string of the molecule is COC(=O)CCCC=CC[C@H]1[C@H](NS(=O)(=O)c2ccccc2)C[C@H]2C[C@@H]1C2(C)C. The summed E-state index contributed by atoms with van der Waals surface area (Å²) in [4.78, 5) is 11.5. The molecule has 0 spiro atoms. The van der Waals surface area contributed by atoms with Gasteiger partial charge in [-0.05, 0) is 67.4 Å². The van der Waals surface area contributed by atoms with Crippen molar-refractivity contribution < 1.29 is 17.9 Å². The highest BCUT2D eigenvalue weighted by Gasteiger charge is 2.57. The van der Waals surface area contributed by atoms with Crippen molar-refractivity contribution in [2.75, 3.05) is 7.11 Å². The number of rotatable bonds is 9. The number of ether oxygens (including phenoxy) is 1. The second-order valence-corrected chi connectivity index (χ2v) is 10.7. The van der Waals surface area contributed by atoms with Gasteiger partial charge in [0.25, 0.3) is 0 Å². The topological polar surface area (TPSA) is 72.5 Å². The number of benzene rings is 1. The number of esters is 1. The Kier molecular flexibility index (Phi) is 6.84. The minimum atomic E-state index is -3.51. The standard InChI is InChI=1S/C23H33NO4S/c1-23(2)17-15-20(23)19(13-9-4-5-10-14-22(25)28-3)21(16-17)24-29(26,27)18-11-7-6-8-12-18/h4,6-9,11-12,17,19-21,24H,5,10,13-16H2,1-3H3/t17-,19-,20+,21-/m1/s1. The number of carbonyl (C=O) groups is 1. The molecule has 0 radical (unpaired) electrons. The molecule has 0 unspecified atom stereocenters. The third kappa shape index (κ3) is 4.92. The summed E-state index contributed by atoms with van der Waals surface area (Å²) in [5, 5.41) is 0. The van der Waals surface area contributed by atoms with Gasteiger partial charge in [-0.25, -0.2) is 13.1 Å². The predicted octanol–water partition coefficient (Wildman–Crippen LogP) is 4.31. The number of hydrogen-bond donors (Lipinski definition) is 1. The van der Waals surface area contributed by atoms with Gasteiger partial charge in [-0.1, -0.05) is 44.2 Å². The second-order valence-electron chi connectivity index (χ2n) is 8.98. The Balaban J connectivity index is 1.64. The van der Waals surface area contributed by atoms with Gasteiger partial charge in [-0.3, -0.25) is 4.79 Å². The smallest absolute Gasteiger partial charge is 0.305 e. The van der Waals surface area contributed by atoms with Crippen LogP contribution in [0.5, 0.6) is 0 Å². The van der Waals surface area contributed by atoms with Crippen LogP contribution in [-0.2, 0) is 19.6 Å². The van der Waals surface area contributed by atoms with Crippen LogP contribution in [0.1, 0.15) is 52.4 Å². The van der Waals surface area contributed by atoms with Crippen LogP contribution in [0.4, 0.5) is 0 Å². The maximum atomic E-state index is 12.9. The van der Waals surface area contributed by atoms with Crippen LogP contribution in [0.2, 0.25) is 0 Å². The fraction of sp³-hybridized carbons (Fsp3) is 0.609. The average Bonchev–Trinajstić information content (AvgIpc) is 2.71. The minimum absolute atomic E-state index is 0.0308. The number of fused-ring (bicyclic) bond motifs is 2. The zero-order valence-electron chi connectivity index (χ0n) is 17.6. The lowest BCUT2D eigenvalue weighted by atomic mass is 9.44. The maximum Gasteiger partial charge on any atom is 0.305 e. The third-order valence-corrected chi connectivity index (χ3v) is 8.54. The Hall–Kier alpha value is -1.66. The monoisotopic (exact) mass is 419 g/mol. The minimum Gasteiger partial charge on any atom is -0.469 e. The molecule has 0 heterocycles. The van der Waals surface area contributed by atoms with Crippen LogP contribution in [0.3, 0.4) is 0 Å². The highest BCUT2D eigenvalue weighted by Crippen LogP contribution is 2.62. The quantitative estimate of drug-likeness (QED) is 0.368. The van der Waals surface area contributed by atoms with Crippen molar-refractivity contribution in [1.29, 1.82) is 0 Å². The fourth-order valence-corrected chi connectivity index (χ4v) is 6.43. The van der Waals surface area contributed by atoms with Crippen LogP contribution >= 0.6 is 0 Å². The Morgan fingerprint density at radius 3 is 2.59 bits per heavy atom. The molecule has 0 amide bonds. The van der Waals surface area contributed by atoms with Gasteiger partial charge in [0.05, 0.1) is 12.0 Å². The molecule has 0 aliphatic heterocycles. The lowest BCUT2D eigenvalue weighted by molar-refractivity contribution is -0.140. The molecule has 3 saturated carbocycles. The largest absolute Gasteiger partial charge is 0.469 e. The Bertz CT molecular complexity index is 832. The normalized spacial score (nSPS) is 28.1. The van der Waals surface area contributed by atoms with E-state index in [0.717, 1.165) is 25.7 Å². The first-order valence-electron chi connectivity index (χ1n) is 10.5. The highest BCUT2D eigenvalue weighted by atomic mass is 32.2. The Morgan fingerprint density at radius 2 is 1.93 bits per heavy atom. The van der Waals surface area contributed by atoms with Gasteiger partial charge < -0.3 is 4.74 Å². The molecule has 1 N–H and O–H groups in total. The van der Waals surface area contributed by atoms with Crippen molar-refractivity contribution in [1.82, 2.24) is 4.72 Å². The van der Waals surface area contributed by atoms with Crippen molar-refractivity contribution in [3.63, 3.8) is 0 Å². The van der Waals surface area contributed by atoms with E-state index in [0.29, 0.717) is 29.1 Å². The van der Waals surface area contributed by atoms with Crippen molar-refractivity contribution in [2.24, 2.45) is 23.2 Å². The van der Waals surface area contributed by atoms with E-state index >= 15 is 0 Å². The zero-order valence-corrected chi connectivity index (χ0v) is 18.5. The van der Waals surface area contributed by atoms with Crippen LogP contribution in [0.15, 0.2) is 47.4 Å². The van der Waals surface area contributed by atoms with Gasteiger partial charge in [0, 0.05) is 12.5 Å². The van der Waals surface area contributed by atoms with E-state index in [9.17, 15) is 13.2 Å². The molecule has 3 aliphatic rings. The summed E-state index contributed by atoms with van der Waals surface area (Å²) in [7, 11) is -2.10. The zero-order chi connectivity index (χ0) is 21.1. The number of methoxy groups -OCH3 is 1. The molecule has 1 aromatic rings. The summed E-state index contributed by atoms with van der Waals surface area (Å²) >= 11 is 0. The lowest BCUT2D eigenvalue weighted by Gasteiger charge is -2.62. The van der Waals surface area contributed by atoms with E-state index in [-0.39, 0.29) is 17.4 Å². The molecule has 4 rings (SSSR count). The summed E-state index contributed by atoms with van der Waals surface area (Å²) in [6, 6.07) is 8.59. The molecule has 6 heteroatoms. The summed E-state index contributed by atoms with van der Waals surface area (Å²) < 4.78 is 33.4. The molecule has 3 aliphatic carbocycles. The van der Waals surface area contributed by atoms with E-state index in [2.05, 4.69) is 35.5 Å². The first-order chi connectivity index (χ1) is 13.8. The predicted molar refractivity (Wildman–Crippen MR) is 114 cm³/mol. The van der Waals surface area contributed by atoms with Crippen LogP contribution in [0.25, 0.3) is 0 Å². The molecule has 4 atom stereocenters. The van der Waals surface area contributed by atoms with Crippen LogP contribution < -0.4 is 4.72 Å². The number of unbranched alkanes of at least 4 members (excludes halogenated alkanes) is 1. The number of carbonyl (C=O) groups excluding carboxylic acids is 1. The fourth-order valence-electron chi connectivity index (χ4n) is 5.11. The van der Waals surface area contributed by atoms with Crippen LogP contribution in [0, 0.1) is 23.2 Å². The van der Waals surface area contributed by atoms with E-state index in [1.54, 1.807) is 24.3 Å². The van der Waals surface area contributed by atoms with Crippen LogP contribution in [-0.4, -0.2) is 27.5 Å². The van der Waals surface area contributed by atoms with Gasteiger partial charge in [0.2, 0.25) is 10.0 Å². The number of hydrogen-bond acceptors (Lipinski definition) is 4. The number of nitrogens with one attached hydrogen (secondary N) is 1. The second kappa shape index (κ2) is 9.00. The third-order valence-electron chi connectivity index (χ3n) is 7.03. The molecule has 2 bridgehead atoms. The molecule has 3 fully saturated rings. The van der Waals surface area contributed by atoms with Crippen molar-refractivity contribution in [2.45, 2.75) is 63.3 Å². The molecule has 1 aromatic carbocycles. The number of allylic oxidation sites excluding steroid dienone is 2. The lowest BCUT2D eigenvalue weighted by Crippen LogP contribution is -2.61. The average molecular weight is 420 g/mol. The van der Waals surface area contributed by atoms with Gasteiger partial charge in [-0.2, -0.15) is 0 Å². The first kappa shape index (κ1) is 22.0. The molecule has 29 heavy (non-hydrogen) atoms. The van der Waals surface area contributed by atoms with Gasteiger partial charge in [-0.15, -0.1) is 0 Å². The van der Waals surface area contributed by atoms with Crippen molar-refractivity contribution >= 4 is 16.0 Å². The van der Waals surface area contributed by atoms with Gasteiger partial charge in [0.15, 0.2) is 0 Å². The molecule has 0 aromatic heterocycles. The molecule has 0 saturated heterocycles. The van der Waals surface area contributed by atoms with Gasteiger partial charge >= 0.3 is 5.97 Å². The number of sulfonamides is 1. The van der Waals surface area contributed by atoms with Crippen molar-refractivity contribution in [3.05, 3.63) is 42.5 Å². The van der Waals surface area contributed by atoms with E-state index in [1.807, 2.05) is 6.07 Å². The molecular formula is C23H33NO4S.